The van der Waals surface area contributed by atoms with Crippen LogP contribution in [0.3, 0.4) is 0 Å². The van der Waals surface area contributed by atoms with Crippen LogP contribution >= 0.6 is 11.6 Å². The zero-order chi connectivity index (χ0) is 11.4. The summed E-state index contributed by atoms with van der Waals surface area (Å²) in [5, 5.41) is 9.79. The Bertz CT molecular complexity index is 325. The Morgan fingerprint density at radius 2 is 2.07 bits per heavy atom. The van der Waals surface area contributed by atoms with Crippen molar-refractivity contribution in [3.8, 4) is 0 Å². The maximum atomic E-state index is 13.1. The summed E-state index contributed by atoms with van der Waals surface area (Å²) in [5.74, 6) is -0.175. The van der Waals surface area contributed by atoms with Crippen LogP contribution in [0.4, 0.5) is 4.39 Å². The average Bonchev–Trinajstić information content (AvgIpc) is 2.19. The molecule has 0 aliphatic heterocycles. The van der Waals surface area contributed by atoms with Gasteiger partial charge in [-0.05, 0) is 30.4 Å². The Hall–Kier alpha value is -0.600. The highest BCUT2D eigenvalue weighted by atomic mass is 35.5. The number of aryl methyl sites for hydroxylation is 1. The molecular weight excluding hydrogens is 215 g/mol. The van der Waals surface area contributed by atoms with E-state index >= 15 is 0 Å². The van der Waals surface area contributed by atoms with Crippen LogP contribution < -0.4 is 0 Å². The van der Waals surface area contributed by atoms with Crippen molar-refractivity contribution < 1.29 is 9.50 Å². The van der Waals surface area contributed by atoms with Gasteiger partial charge in [0, 0.05) is 0 Å². The van der Waals surface area contributed by atoms with Crippen molar-refractivity contribution in [1.82, 2.24) is 0 Å². The molecule has 0 amide bonds. The topological polar surface area (TPSA) is 20.2 Å². The van der Waals surface area contributed by atoms with Gasteiger partial charge in [-0.15, -0.1) is 0 Å². The van der Waals surface area contributed by atoms with Crippen LogP contribution in [0.25, 0.3) is 0 Å². The van der Waals surface area contributed by atoms with E-state index in [-0.39, 0.29) is 17.0 Å². The highest BCUT2D eigenvalue weighted by Gasteiger charge is 2.11. The first-order chi connectivity index (χ1) is 7.02. The van der Waals surface area contributed by atoms with Gasteiger partial charge in [0.15, 0.2) is 0 Å². The molecule has 1 nitrogen and oxygen atoms in total. The van der Waals surface area contributed by atoms with Gasteiger partial charge in [0.05, 0.1) is 11.1 Å². The summed E-state index contributed by atoms with van der Waals surface area (Å²) in [6.07, 6.45) is 0.862. The summed E-state index contributed by atoms with van der Waals surface area (Å²) in [7, 11) is 0. The van der Waals surface area contributed by atoms with Gasteiger partial charge in [-0.3, -0.25) is 0 Å². The molecular formula is C12H16ClFO. The summed E-state index contributed by atoms with van der Waals surface area (Å²) in [6, 6.07) is 4.77. The fourth-order valence-electron chi connectivity index (χ4n) is 1.38. The zero-order valence-electron chi connectivity index (χ0n) is 9.00. The monoisotopic (exact) mass is 230 g/mol. The molecule has 1 aromatic carbocycles. The van der Waals surface area contributed by atoms with Crippen molar-refractivity contribution in [3.63, 3.8) is 0 Å². The second-order valence-corrected chi connectivity index (χ2v) is 4.44. The molecule has 1 unspecified atom stereocenters. The van der Waals surface area contributed by atoms with E-state index in [0.717, 1.165) is 5.56 Å². The van der Waals surface area contributed by atoms with Gasteiger partial charge in [-0.25, -0.2) is 4.39 Å². The van der Waals surface area contributed by atoms with E-state index in [1.807, 2.05) is 13.8 Å². The Morgan fingerprint density at radius 3 is 2.67 bits per heavy atom. The van der Waals surface area contributed by atoms with Gasteiger partial charge >= 0.3 is 0 Å². The summed E-state index contributed by atoms with van der Waals surface area (Å²) in [5.41, 5.74) is 0.761. The van der Waals surface area contributed by atoms with Gasteiger partial charge in [-0.2, -0.15) is 0 Å². The Labute approximate surface area is 94.9 Å². The predicted molar refractivity (Wildman–Crippen MR) is 60.6 cm³/mol. The van der Waals surface area contributed by atoms with Crippen LogP contribution in [0, 0.1) is 11.7 Å². The minimum atomic E-state index is -0.395. The average molecular weight is 231 g/mol. The molecule has 0 heterocycles. The standard InChI is InChI=1S/C12H16ClFO/c1-8(2)11(15)7-6-9-4-3-5-10(14)12(9)13/h3-5,8,11,15H,6-7H2,1-2H3. The summed E-state index contributed by atoms with van der Waals surface area (Å²) in [4.78, 5) is 0. The number of rotatable bonds is 4. The second kappa shape index (κ2) is 5.47. The van der Waals surface area contributed by atoms with E-state index < -0.39 is 5.82 Å². The smallest absolute Gasteiger partial charge is 0.142 e. The molecule has 0 spiro atoms. The van der Waals surface area contributed by atoms with Gasteiger partial charge in [-0.1, -0.05) is 37.6 Å². The SMILES string of the molecule is CC(C)C(O)CCc1cccc(F)c1Cl. The summed E-state index contributed by atoms with van der Waals surface area (Å²) >= 11 is 5.80. The van der Waals surface area contributed by atoms with Gasteiger partial charge in [0.1, 0.15) is 5.82 Å². The number of halogens is 2. The molecule has 84 valence electrons. The predicted octanol–water partition coefficient (Wildman–Crippen LogP) is 3.43. The van der Waals surface area contributed by atoms with Crippen LogP contribution in [-0.4, -0.2) is 11.2 Å². The third kappa shape index (κ3) is 3.47. The fraction of sp³-hybridized carbons (Fsp3) is 0.500. The number of hydrogen-bond donors (Lipinski definition) is 1. The number of hydrogen-bond acceptors (Lipinski definition) is 1. The van der Waals surface area contributed by atoms with Crippen molar-refractivity contribution >= 4 is 11.6 Å². The molecule has 0 aromatic heterocycles. The molecule has 1 rings (SSSR count). The number of aliphatic hydroxyl groups is 1. The van der Waals surface area contributed by atoms with Crippen molar-refractivity contribution in [1.29, 1.82) is 0 Å². The Balaban J connectivity index is 2.62. The van der Waals surface area contributed by atoms with Crippen molar-refractivity contribution in [2.45, 2.75) is 32.8 Å². The quantitative estimate of drug-likeness (QED) is 0.840. The van der Waals surface area contributed by atoms with Crippen molar-refractivity contribution in [2.24, 2.45) is 5.92 Å². The normalized spacial score (nSPS) is 13.2. The van der Waals surface area contributed by atoms with E-state index in [2.05, 4.69) is 0 Å². The van der Waals surface area contributed by atoms with Crippen molar-refractivity contribution in [3.05, 3.63) is 34.6 Å². The summed E-state index contributed by atoms with van der Waals surface area (Å²) < 4.78 is 13.1. The lowest BCUT2D eigenvalue weighted by Gasteiger charge is -2.14. The zero-order valence-corrected chi connectivity index (χ0v) is 9.76. The van der Waals surface area contributed by atoms with Crippen molar-refractivity contribution in [2.75, 3.05) is 0 Å². The van der Waals surface area contributed by atoms with E-state index in [1.54, 1.807) is 12.1 Å². The Morgan fingerprint density at radius 1 is 1.40 bits per heavy atom. The maximum Gasteiger partial charge on any atom is 0.142 e. The molecule has 0 saturated heterocycles. The van der Waals surface area contributed by atoms with Gasteiger partial charge < -0.3 is 5.11 Å². The molecule has 3 heteroatoms. The first kappa shape index (κ1) is 12.5. The second-order valence-electron chi connectivity index (χ2n) is 4.06. The molecule has 0 fully saturated rings. The van der Waals surface area contributed by atoms with Crippen LogP contribution in [0.1, 0.15) is 25.8 Å². The summed E-state index contributed by atoms with van der Waals surface area (Å²) in [6.45, 7) is 3.91. The van der Waals surface area contributed by atoms with Gasteiger partial charge in [0.25, 0.3) is 0 Å². The highest BCUT2D eigenvalue weighted by molar-refractivity contribution is 6.31. The molecule has 0 bridgehead atoms. The minimum absolute atomic E-state index is 0.174. The lowest BCUT2D eigenvalue weighted by molar-refractivity contribution is 0.116. The third-order valence-electron chi connectivity index (χ3n) is 2.51. The third-order valence-corrected chi connectivity index (χ3v) is 2.93. The van der Waals surface area contributed by atoms with Crippen LogP contribution in [-0.2, 0) is 6.42 Å². The lowest BCUT2D eigenvalue weighted by Crippen LogP contribution is -2.15. The first-order valence-electron chi connectivity index (χ1n) is 5.13. The molecule has 1 N–H and O–H groups in total. The molecule has 15 heavy (non-hydrogen) atoms. The number of aliphatic hydroxyl groups excluding tert-OH is 1. The minimum Gasteiger partial charge on any atom is -0.393 e. The highest BCUT2D eigenvalue weighted by Crippen LogP contribution is 2.22. The molecule has 1 aromatic rings. The molecule has 0 aliphatic carbocycles. The first-order valence-corrected chi connectivity index (χ1v) is 5.51. The maximum absolute atomic E-state index is 13.1. The lowest BCUT2D eigenvalue weighted by atomic mass is 9.99. The Kier molecular flexibility index (Phi) is 4.55. The van der Waals surface area contributed by atoms with Crippen LogP contribution in [0.15, 0.2) is 18.2 Å². The molecule has 0 radical (unpaired) electrons. The fourth-order valence-corrected chi connectivity index (χ4v) is 1.60. The van der Waals surface area contributed by atoms with E-state index in [1.165, 1.54) is 6.07 Å². The van der Waals surface area contributed by atoms with Crippen LogP contribution in [0.5, 0.6) is 0 Å². The molecule has 0 saturated carbocycles. The van der Waals surface area contributed by atoms with Gasteiger partial charge in [0.2, 0.25) is 0 Å². The molecule has 1 atom stereocenters. The van der Waals surface area contributed by atoms with E-state index in [9.17, 15) is 9.50 Å². The van der Waals surface area contributed by atoms with E-state index in [4.69, 9.17) is 11.6 Å². The number of benzene rings is 1. The largest absolute Gasteiger partial charge is 0.393 e. The van der Waals surface area contributed by atoms with Crippen LogP contribution in [0.2, 0.25) is 5.02 Å². The molecule has 0 aliphatic rings. The van der Waals surface area contributed by atoms with E-state index in [0.29, 0.717) is 12.8 Å².